The number of nitrogens with one attached hydrogen (secondary N) is 1. The summed E-state index contributed by atoms with van der Waals surface area (Å²) in [6, 6.07) is 0. The fourth-order valence-corrected chi connectivity index (χ4v) is 2.30. The topological polar surface area (TPSA) is 44.8 Å². The summed E-state index contributed by atoms with van der Waals surface area (Å²) in [6.45, 7) is -2.20. The van der Waals surface area contributed by atoms with E-state index in [0.29, 0.717) is 10.9 Å². The first kappa shape index (κ1) is 12.5. The lowest BCUT2D eigenvalue weighted by Crippen LogP contribution is -2.38. The Morgan fingerprint density at radius 2 is 1.79 bits per heavy atom. The molecule has 0 atom stereocenters. The summed E-state index contributed by atoms with van der Waals surface area (Å²) in [5.74, 6) is -8.19. The monoisotopic (exact) mass is 294 g/mol. The van der Waals surface area contributed by atoms with E-state index in [1.807, 2.05) is 0 Å². The van der Waals surface area contributed by atoms with Crippen LogP contribution in [0.15, 0.2) is 12.4 Å². The second kappa shape index (κ2) is 3.72. The molecule has 1 aliphatic heterocycles. The molecule has 102 valence electrons. The Morgan fingerprint density at radius 1 is 1.16 bits per heavy atom. The highest BCUT2D eigenvalue weighted by atomic mass is 35.5. The zero-order valence-corrected chi connectivity index (χ0v) is 10.1. The molecular weight excluding hydrogens is 288 g/mol. The SMILES string of the molecule is FC1(F)CN(c2n[nH]c3cncc(Cl)c23)CC1(F)F. The molecule has 0 radical (unpaired) electrons. The van der Waals surface area contributed by atoms with Crippen molar-refractivity contribution >= 4 is 28.3 Å². The molecule has 1 saturated heterocycles. The number of anilines is 1. The van der Waals surface area contributed by atoms with Crippen LogP contribution in [0.25, 0.3) is 10.9 Å². The van der Waals surface area contributed by atoms with Gasteiger partial charge in [-0.25, -0.2) is 0 Å². The molecule has 0 aliphatic carbocycles. The molecule has 0 aromatic carbocycles. The van der Waals surface area contributed by atoms with E-state index in [1.165, 1.54) is 12.4 Å². The van der Waals surface area contributed by atoms with Crippen molar-refractivity contribution < 1.29 is 17.6 Å². The normalized spacial score (nSPS) is 21.2. The van der Waals surface area contributed by atoms with Crippen molar-refractivity contribution in [2.45, 2.75) is 11.8 Å². The summed E-state index contributed by atoms with van der Waals surface area (Å²) in [5, 5.41) is 6.79. The number of halogens is 5. The first-order valence-electron chi connectivity index (χ1n) is 5.30. The summed E-state index contributed by atoms with van der Waals surface area (Å²) < 4.78 is 52.8. The first-order chi connectivity index (χ1) is 8.82. The van der Waals surface area contributed by atoms with Crippen LogP contribution >= 0.6 is 11.6 Å². The molecule has 1 fully saturated rings. The van der Waals surface area contributed by atoms with E-state index in [9.17, 15) is 17.6 Å². The van der Waals surface area contributed by atoms with Gasteiger partial charge in [0, 0.05) is 6.20 Å². The molecule has 0 saturated carbocycles. The van der Waals surface area contributed by atoms with Gasteiger partial charge in [-0.15, -0.1) is 0 Å². The van der Waals surface area contributed by atoms with Crippen LogP contribution < -0.4 is 4.90 Å². The molecule has 3 heterocycles. The van der Waals surface area contributed by atoms with Gasteiger partial charge in [0.15, 0.2) is 5.82 Å². The van der Waals surface area contributed by atoms with Crippen molar-refractivity contribution in [2.75, 3.05) is 18.0 Å². The number of H-pyrrole nitrogens is 1. The summed E-state index contributed by atoms with van der Waals surface area (Å²) in [5.41, 5.74) is 0.404. The number of aromatic amines is 1. The lowest BCUT2D eigenvalue weighted by Gasteiger charge is -2.14. The zero-order chi connectivity index (χ0) is 13.8. The summed E-state index contributed by atoms with van der Waals surface area (Å²) in [4.78, 5) is 4.62. The molecule has 0 spiro atoms. The average molecular weight is 295 g/mol. The van der Waals surface area contributed by atoms with Crippen LogP contribution in [0.1, 0.15) is 0 Å². The lowest BCUT2D eigenvalue weighted by molar-refractivity contribution is -0.172. The van der Waals surface area contributed by atoms with E-state index in [-0.39, 0.29) is 10.8 Å². The van der Waals surface area contributed by atoms with E-state index in [1.54, 1.807) is 0 Å². The van der Waals surface area contributed by atoms with Crippen LogP contribution in [-0.2, 0) is 0 Å². The average Bonchev–Trinajstić information content (AvgIpc) is 2.80. The molecule has 3 rings (SSSR count). The molecule has 0 bridgehead atoms. The van der Waals surface area contributed by atoms with Gasteiger partial charge < -0.3 is 4.90 Å². The Labute approximate surface area is 109 Å². The predicted molar refractivity (Wildman–Crippen MR) is 61.0 cm³/mol. The van der Waals surface area contributed by atoms with Crippen molar-refractivity contribution in [3.05, 3.63) is 17.4 Å². The van der Waals surface area contributed by atoms with Gasteiger partial charge in [-0.2, -0.15) is 22.7 Å². The second-order valence-electron chi connectivity index (χ2n) is 4.36. The highest BCUT2D eigenvalue weighted by Crippen LogP contribution is 2.44. The van der Waals surface area contributed by atoms with Crippen LogP contribution in [0.2, 0.25) is 5.02 Å². The smallest absolute Gasteiger partial charge is 0.329 e. The van der Waals surface area contributed by atoms with Crippen molar-refractivity contribution in [3.63, 3.8) is 0 Å². The summed E-state index contributed by atoms with van der Waals surface area (Å²) >= 11 is 5.90. The highest BCUT2D eigenvalue weighted by Gasteiger charge is 2.63. The Kier molecular flexibility index (Phi) is 2.44. The molecule has 0 amide bonds. The van der Waals surface area contributed by atoms with Gasteiger partial charge in [0.05, 0.1) is 35.2 Å². The number of hydrogen-bond donors (Lipinski definition) is 1. The minimum atomic E-state index is -4.09. The molecular formula is C10H7ClF4N4. The number of hydrogen-bond acceptors (Lipinski definition) is 3. The van der Waals surface area contributed by atoms with E-state index in [0.717, 1.165) is 4.90 Å². The largest absolute Gasteiger partial charge is 0.342 e. The van der Waals surface area contributed by atoms with Gasteiger partial charge in [-0.1, -0.05) is 11.6 Å². The van der Waals surface area contributed by atoms with Gasteiger partial charge in [-0.3, -0.25) is 10.1 Å². The standard InChI is InChI=1S/C10H7ClF4N4/c11-5-1-16-2-6-7(5)8(18-17-6)19-3-9(12,13)10(14,15)4-19/h1-2H,3-4H2,(H,17,18). The number of aromatic nitrogens is 3. The number of pyridine rings is 1. The maximum Gasteiger partial charge on any atom is 0.329 e. The molecule has 9 heteroatoms. The number of alkyl halides is 4. The number of fused-ring (bicyclic) bond motifs is 1. The lowest BCUT2D eigenvalue weighted by atomic mass is 10.2. The summed E-state index contributed by atoms with van der Waals surface area (Å²) in [6.07, 6.45) is 2.69. The molecule has 2 aromatic heterocycles. The first-order valence-corrected chi connectivity index (χ1v) is 5.68. The van der Waals surface area contributed by atoms with Crippen LogP contribution in [0.3, 0.4) is 0 Å². The Morgan fingerprint density at radius 3 is 2.42 bits per heavy atom. The van der Waals surface area contributed by atoms with Crippen LogP contribution in [0.4, 0.5) is 23.4 Å². The van der Waals surface area contributed by atoms with Crippen molar-refractivity contribution in [3.8, 4) is 0 Å². The van der Waals surface area contributed by atoms with Gasteiger partial charge in [-0.05, 0) is 0 Å². The van der Waals surface area contributed by atoms with Gasteiger partial charge in [0.1, 0.15) is 0 Å². The maximum atomic E-state index is 13.2. The highest BCUT2D eigenvalue weighted by molar-refractivity contribution is 6.36. The third-order valence-corrected chi connectivity index (χ3v) is 3.31. The number of rotatable bonds is 1. The fourth-order valence-electron chi connectivity index (χ4n) is 2.06. The van der Waals surface area contributed by atoms with E-state index in [2.05, 4.69) is 15.2 Å². The van der Waals surface area contributed by atoms with Crippen LogP contribution in [0, 0.1) is 0 Å². The molecule has 19 heavy (non-hydrogen) atoms. The molecule has 1 aliphatic rings. The maximum absolute atomic E-state index is 13.2. The van der Waals surface area contributed by atoms with E-state index in [4.69, 9.17) is 11.6 Å². The Balaban J connectivity index is 2.08. The van der Waals surface area contributed by atoms with Gasteiger partial charge in [0.25, 0.3) is 0 Å². The van der Waals surface area contributed by atoms with Crippen LogP contribution in [0.5, 0.6) is 0 Å². The number of nitrogens with zero attached hydrogens (tertiary/aromatic N) is 3. The van der Waals surface area contributed by atoms with E-state index >= 15 is 0 Å². The van der Waals surface area contributed by atoms with Crippen molar-refractivity contribution in [1.82, 2.24) is 15.2 Å². The van der Waals surface area contributed by atoms with E-state index < -0.39 is 24.9 Å². The summed E-state index contributed by atoms with van der Waals surface area (Å²) in [7, 11) is 0. The quantitative estimate of drug-likeness (QED) is 0.823. The van der Waals surface area contributed by atoms with Crippen LogP contribution in [-0.4, -0.2) is 40.1 Å². The van der Waals surface area contributed by atoms with Gasteiger partial charge >= 0.3 is 11.8 Å². The molecule has 0 unspecified atom stereocenters. The third-order valence-electron chi connectivity index (χ3n) is 3.02. The Bertz CT molecular complexity index is 625. The molecule has 4 nitrogen and oxygen atoms in total. The third kappa shape index (κ3) is 1.73. The zero-order valence-electron chi connectivity index (χ0n) is 9.30. The van der Waals surface area contributed by atoms with Crippen molar-refractivity contribution in [2.24, 2.45) is 0 Å². The Hall–Kier alpha value is -1.57. The molecule has 2 aromatic rings. The minimum absolute atomic E-state index is 0.0146. The molecule has 1 N–H and O–H groups in total. The van der Waals surface area contributed by atoms with Crippen molar-refractivity contribution in [1.29, 1.82) is 0 Å². The second-order valence-corrected chi connectivity index (χ2v) is 4.76. The minimum Gasteiger partial charge on any atom is -0.342 e. The fraction of sp³-hybridized carbons (Fsp3) is 0.400. The predicted octanol–water partition coefficient (Wildman–Crippen LogP) is 2.70. The van der Waals surface area contributed by atoms with Gasteiger partial charge in [0.2, 0.25) is 0 Å².